The number of anilines is 1. The molecule has 1 saturated carbocycles. The van der Waals surface area contributed by atoms with Crippen molar-refractivity contribution in [3.8, 4) is 0 Å². The number of aliphatic carboxylic acids is 1. The second-order valence-corrected chi connectivity index (χ2v) is 6.80. The minimum Gasteiger partial charge on any atom is -0.480 e. The average molecular weight is 306 g/mol. The summed E-state index contributed by atoms with van der Waals surface area (Å²) in [4.78, 5) is 25.9. The number of nitrogens with zero attached hydrogens (tertiary/aromatic N) is 1. The van der Waals surface area contributed by atoms with Crippen molar-refractivity contribution in [2.45, 2.75) is 31.2 Å². The van der Waals surface area contributed by atoms with Crippen LogP contribution in [0.1, 0.15) is 28.8 Å². The molecule has 0 spiro atoms. The average Bonchev–Trinajstić information content (AvgIpc) is 3.19. The fourth-order valence-electron chi connectivity index (χ4n) is 2.74. The van der Waals surface area contributed by atoms with E-state index in [2.05, 4.69) is 0 Å². The van der Waals surface area contributed by atoms with Gasteiger partial charge >= 0.3 is 5.97 Å². The number of carboxylic acids is 1. The molecule has 2 fully saturated rings. The number of nitrogens with two attached hydrogens (primary N) is 1. The van der Waals surface area contributed by atoms with Gasteiger partial charge in [0, 0.05) is 17.0 Å². The predicted molar refractivity (Wildman–Crippen MR) is 82.2 cm³/mol. The van der Waals surface area contributed by atoms with E-state index in [0.717, 1.165) is 18.4 Å². The Hall–Kier alpha value is -1.69. The molecule has 0 radical (unpaired) electrons. The molecule has 3 N–H and O–H groups in total. The number of benzene rings is 1. The first kappa shape index (κ1) is 14.3. The Morgan fingerprint density at radius 3 is 2.71 bits per heavy atom. The molecule has 1 amide bonds. The van der Waals surface area contributed by atoms with Gasteiger partial charge in [-0.3, -0.25) is 4.79 Å². The van der Waals surface area contributed by atoms with Crippen molar-refractivity contribution in [3.05, 3.63) is 29.3 Å². The van der Waals surface area contributed by atoms with Gasteiger partial charge in [0.1, 0.15) is 6.04 Å². The van der Waals surface area contributed by atoms with Gasteiger partial charge in [0.05, 0.1) is 5.37 Å². The number of carbonyl (C=O) groups is 2. The third kappa shape index (κ3) is 2.48. The normalized spacial score (nSPS) is 25.1. The minimum atomic E-state index is -0.930. The van der Waals surface area contributed by atoms with Gasteiger partial charge < -0.3 is 15.7 Å². The van der Waals surface area contributed by atoms with Gasteiger partial charge in [-0.1, -0.05) is 6.07 Å². The Labute approximate surface area is 127 Å². The fourth-order valence-corrected chi connectivity index (χ4v) is 4.37. The number of nitrogen functional groups attached to an aromatic ring is 1. The Morgan fingerprint density at radius 1 is 1.38 bits per heavy atom. The van der Waals surface area contributed by atoms with Crippen LogP contribution in [0.15, 0.2) is 18.2 Å². The number of thioether (sulfide) groups is 1. The maximum absolute atomic E-state index is 12.9. The van der Waals surface area contributed by atoms with Crippen LogP contribution in [0.3, 0.4) is 0 Å². The molecule has 1 aliphatic heterocycles. The van der Waals surface area contributed by atoms with E-state index >= 15 is 0 Å². The molecule has 3 rings (SSSR count). The van der Waals surface area contributed by atoms with Crippen LogP contribution in [-0.4, -0.2) is 39.1 Å². The zero-order valence-electron chi connectivity index (χ0n) is 11.8. The summed E-state index contributed by atoms with van der Waals surface area (Å²) >= 11 is 1.58. The Morgan fingerprint density at radius 2 is 2.10 bits per heavy atom. The smallest absolute Gasteiger partial charge is 0.327 e. The van der Waals surface area contributed by atoms with Gasteiger partial charge in [-0.25, -0.2) is 4.79 Å². The SMILES string of the molecule is Cc1c(N)cccc1C(=O)N1C(C(=O)O)CSC1C1CC1. The Balaban J connectivity index is 1.96. The molecule has 5 nitrogen and oxygen atoms in total. The molecule has 2 unspecified atom stereocenters. The molecule has 6 heteroatoms. The van der Waals surface area contributed by atoms with Gasteiger partial charge in [0.2, 0.25) is 0 Å². The van der Waals surface area contributed by atoms with Crippen molar-refractivity contribution < 1.29 is 14.7 Å². The quantitative estimate of drug-likeness (QED) is 0.834. The first-order valence-electron chi connectivity index (χ1n) is 7.03. The van der Waals surface area contributed by atoms with Gasteiger partial charge in [0.25, 0.3) is 5.91 Å². The third-order valence-corrected chi connectivity index (χ3v) is 5.65. The van der Waals surface area contributed by atoms with Crippen molar-refractivity contribution in [1.29, 1.82) is 0 Å². The van der Waals surface area contributed by atoms with Gasteiger partial charge in [-0.15, -0.1) is 11.8 Å². The maximum Gasteiger partial charge on any atom is 0.327 e. The second-order valence-electron chi connectivity index (χ2n) is 5.65. The van der Waals surface area contributed by atoms with Crippen LogP contribution in [0, 0.1) is 12.8 Å². The van der Waals surface area contributed by atoms with Crippen molar-refractivity contribution >= 4 is 29.3 Å². The Kier molecular flexibility index (Phi) is 3.57. The van der Waals surface area contributed by atoms with E-state index in [-0.39, 0.29) is 11.3 Å². The lowest BCUT2D eigenvalue weighted by molar-refractivity contribution is -0.141. The zero-order valence-corrected chi connectivity index (χ0v) is 12.6. The lowest BCUT2D eigenvalue weighted by atomic mass is 10.0. The van der Waals surface area contributed by atoms with Gasteiger partial charge in [-0.05, 0) is 43.4 Å². The molecular weight excluding hydrogens is 288 g/mol. The number of rotatable bonds is 3. The number of hydrogen-bond donors (Lipinski definition) is 2. The molecular formula is C15H18N2O3S. The van der Waals surface area contributed by atoms with E-state index in [1.807, 2.05) is 0 Å². The standard InChI is InChI=1S/C15H18N2O3S/c1-8-10(3-2-4-11(8)16)13(18)17-12(15(19)20)7-21-14(17)9-5-6-9/h2-4,9,12,14H,5-7,16H2,1H3,(H,19,20). The summed E-state index contributed by atoms with van der Waals surface area (Å²) in [6.45, 7) is 1.80. The summed E-state index contributed by atoms with van der Waals surface area (Å²) in [7, 11) is 0. The van der Waals surface area contributed by atoms with Crippen molar-refractivity contribution in [1.82, 2.24) is 4.90 Å². The van der Waals surface area contributed by atoms with Crippen molar-refractivity contribution in [2.75, 3.05) is 11.5 Å². The molecule has 1 heterocycles. The molecule has 21 heavy (non-hydrogen) atoms. The summed E-state index contributed by atoms with van der Waals surface area (Å²) in [5.74, 6) is -0.247. The minimum absolute atomic E-state index is 0.0144. The van der Waals surface area contributed by atoms with E-state index in [1.165, 1.54) is 0 Å². The third-order valence-electron chi connectivity index (χ3n) is 4.19. The molecule has 1 aromatic rings. The first-order chi connectivity index (χ1) is 10.0. The first-order valence-corrected chi connectivity index (χ1v) is 8.07. The summed E-state index contributed by atoms with van der Waals surface area (Å²) in [5.41, 5.74) is 7.65. The molecule has 2 aliphatic rings. The predicted octanol–water partition coefficient (Wildman–Crippen LogP) is 1.96. The van der Waals surface area contributed by atoms with E-state index in [4.69, 9.17) is 5.73 Å². The molecule has 1 saturated heterocycles. The van der Waals surface area contributed by atoms with Crippen LogP contribution in [-0.2, 0) is 4.79 Å². The van der Waals surface area contributed by atoms with Crippen LogP contribution >= 0.6 is 11.8 Å². The number of carbonyl (C=O) groups excluding carboxylic acids is 1. The highest BCUT2D eigenvalue weighted by atomic mass is 32.2. The fraction of sp³-hybridized carbons (Fsp3) is 0.467. The molecule has 0 bridgehead atoms. The maximum atomic E-state index is 12.9. The number of hydrogen-bond acceptors (Lipinski definition) is 4. The highest BCUT2D eigenvalue weighted by molar-refractivity contribution is 8.00. The topological polar surface area (TPSA) is 83.6 Å². The summed E-state index contributed by atoms with van der Waals surface area (Å²) in [5, 5.41) is 9.38. The second kappa shape index (κ2) is 5.26. The highest BCUT2D eigenvalue weighted by Crippen LogP contribution is 2.46. The van der Waals surface area contributed by atoms with Gasteiger partial charge in [0.15, 0.2) is 0 Å². The largest absolute Gasteiger partial charge is 0.480 e. The highest BCUT2D eigenvalue weighted by Gasteiger charge is 2.48. The molecule has 2 atom stereocenters. The number of amides is 1. The molecule has 112 valence electrons. The molecule has 1 aromatic carbocycles. The van der Waals surface area contributed by atoms with Crippen molar-refractivity contribution in [3.63, 3.8) is 0 Å². The molecule has 1 aliphatic carbocycles. The summed E-state index contributed by atoms with van der Waals surface area (Å²) < 4.78 is 0. The summed E-state index contributed by atoms with van der Waals surface area (Å²) in [6.07, 6.45) is 2.15. The lowest BCUT2D eigenvalue weighted by Gasteiger charge is -2.28. The van der Waals surface area contributed by atoms with Crippen LogP contribution in [0.4, 0.5) is 5.69 Å². The van der Waals surface area contributed by atoms with E-state index in [9.17, 15) is 14.7 Å². The van der Waals surface area contributed by atoms with Crippen LogP contribution in [0.5, 0.6) is 0 Å². The van der Waals surface area contributed by atoms with Crippen LogP contribution in [0.25, 0.3) is 0 Å². The number of carboxylic acid groups (broad SMARTS) is 1. The van der Waals surface area contributed by atoms with Crippen molar-refractivity contribution in [2.24, 2.45) is 5.92 Å². The molecule has 0 aromatic heterocycles. The summed E-state index contributed by atoms with van der Waals surface area (Å²) in [6, 6.07) is 4.47. The van der Waals surface area contributed by atoms with E-state index in [1.54, 1.807) is 41.8 Å². The van der Waals surface area contributed by atoms with Crippen LogP contribution in [0.2, 0.25) is 0 Å². The van der Waals surface area contributed by atoms with E-state index < -0.39 is 12.0 Å². The van der Waals surface area contributed by atoms with Crippen LogP contribution < -0.4 is 5.73 Å². The monoisotopic (exact) mass is 306 g/mol. The zero-order chi connectivity index (χ0) is 15.1. The van der Waals surface area contributed by atoms with E-state index in [0.29, 0.717) is 22.9 Å². The Bertz CT molecular complexity index is 601. The van der Waals surface area contributed by atoms with Gasteiger partial charge in [-0.2, -0.15) is 0 Å². The lowest BCUT2D eigenvalue weighted by Crippen LogP contribution is -2.46.